The van der Waals surface area contributed by atoms with E-state index in [2.05, 4.69) is 42.8 Å². The van der Waals surface area contributed by atoms with Crippen molar-refractivity contribution in [1.29, 1.82) is 0 Å². The van der Waals surface area contributed by atoms with Crippen LogP contribution in [-0.2, 0) is 0 Å². The molecule has 3 amide bonds. The van der Waals surface area contributed by atoms with Crippen molar-refractivity contribution in [2.24, 2.45) is 0 Å². The highest BCUT2D eigenvalue weighted by atomic mass is 16.2. The molecule has 0 spiro atoms. The molecule has 0 saturated carbocycles. The Kier molecular flexibility index (Phi) is 7.18. The van der Waals surface area contributed by atoms with Crippen molar-refractivity contribution in [2.75, 3.05) is 36.0 Å². The molecule has 0 bridgehead atoms. The average molecular weight is 514 g/mol. The van der Waals surface area contributed by atoms with Gasteiger partial charge < -0.3 is 16.4 Å². The number of nitrogens with zero attached hydrogens (tertiary/aromatic N) is 5. The molecule has 1 unspecified atom stereocenters. The van der Waals surface area contributed by atoms with E-state index in [1.54, 1.807) is 28.9 Å². The molecule has 0 aliphatic carbocycles. The molecule has 1 fully saturated rings. The number of nitrogens with one attached hydrogen (secondary N) is 3. The monoisotopic (exact) mass is 513 g/mol. The lowest BCUT2D eigenvalue weighted by Gasteiger charge is -2.22. The fourth-order valence-corrected chi connectivity index (χ4v) is 4.96. The molecule has 5 N–H and O–H groups in total. The van der Waals surface area contributed by atoms with Gasteiger partial charge in [0.15, 0.2) is 5.82 Å². The molecule has 4 aromatic rings. The van der Waals surface area contributed by atoms with Crippen molar-refractivity contribution >= 4 is 34.8 Å². The third-order valence-electron chi connectivity index (χ3n) is 6.81. The van der Waals surface area contributed by atoms with Crippen LogP contribution in [0.1, 0.15) is 35.8 Å². The van der Waals surface area contributed by atoms with Gasteiger partial charge in [-0.1, -0.05) is 25.1 Å². The molecule has 4 heterocycles. The number of hydrogen-bond donors (Lipinski definition) is 4. The fraction of sp³-hybridized carbons (Fsp3) is 0.296. The second-order valence-electron chi connectivity index (χ2n) is 9.31. The molecule has 5 rings (SSSR count). The molecular weight excluding hydrogens is 482 g/mol. The molecule has 3 aromatic heterocycles. The summed E-state index contributed by atoms with van der Waals surface area (Å²) in [7, 11) is 0. The lowest BCUT2D eigenvalue weighted by molar-refractivity contribution is 0.0942. The van der Waals surface area contributed by atoms with Crippen molar-refractivity contribution in [2.45, 2.75) is 32.7 Å². The smallest absolute Gasteiger partial charge is 0.324 e. The number of nitrogens with two attached hydrogens (primary N) is 1. The Balaban J connectivity index is 1.37. The summed E-state index contributed by atoms with van der Waals surface area (Å²) in [5.74, 6) is 0.541. The number of aromatic nitrogens is 4. The lowest BCUT2D eigenvalue weighted by Crippen LogP contribution is -2.40. The SMILES string of the molecule is CCN1CCCC1CNC(=O)c1cn2ncnc(N)c2c1-c1ccc(NC(=O)Nc2cccc(C)n2)cc1. The quantitative estimate of drug-likeness (QED) is 0.296. The summed E-state index contributed by atoms with van der Waals surface area (Å²) in [5.41, 5.74) is 10.0. The Morgan fingerprint density at radius 2 is 1.95 bits per heavy atom. The first-order chi connectivity index (χ1) is 18.4. The van der Waals surface area contributed by atoms with Crippen molar-refractivity contribution in [3.8, 4) is 11.1 Å². The predicted molar refractivity (Wildman–Crippen MR) is 147 cm³/mol. The van der Waals surface area contributed by atoms with E-state index in [0.717, 1.165) is 37.2 Å². The number of benzene rings is 1. The van der Waals surface area contributed by atoms with Crippen LogP contribution in [0.2, 0.25) is 0 Å². The maximum absolute atomic E-state index is 13.4. The predicted octanol–water partition coefficient (Wildman–Crippen LogP) is 3.54. The van der Waals surface area contributed by atoms with Crippen molar-refractivity contribution in [1.82, 2.24) is 29.8 Å². The molecule has 1 atom stereocenters. The number of fused-ring (bicyclic) bond motifs is 1. The second kappa shape index (κ2) is 10.9. The van der Waals surface area contributed by atoms with Gasteiger partial charge in [-0.2, -0.15) is 5.10 Å². The van der Waals surface area contributed by atoms with E-state index in [1.165, 1.54) is 6.33 Å². The molecule has 1 aliphatic heterocycles. The van der Waals surface area contributed by atoms with Gasteiger partial charge in [-0.05, 0) is 62.7 Å². The number of carbonyl (C=O) groups excluding carboxylic acids is 2. The minimum absolute atomic E-state index is 0.194. The Morgan fingerprint density at radius 3 is 2.71 bits per heavy atom. The fourth-order valence-electron chi connectivity index (χ4n) is 4.96. The van der Waals surface area contributed by atoms with E-state index in [0.29, 0.717) is 40.7 Å². The molecule has 1 saturated heterocycles. The zero-order chi connectivity index (χ0) is 26.6. The number of urea groups is 1. The average Bonchev–Trinajstić information content (AvgIpc) is 3.53. The summed E-state index contributed by atoms with van der Waals surface area (Å²) in [4.78, 5) is 36.6. The third-order valence-corrected chi connectivity index (χ3v) is 6.81. The normalized spacial score (nSPS) is 15.5. The first kappa shape index (κ1) is 25.2. The van der Waals surface area contributed by atoms with Gasteiger partial charge in [-0.25, -0.2) is 19.3 Å². The van der Waals surface area contributed by atoms with Crippen LogP contribution in [0.4, 0.5) is 22.1 Å². The standard InChI is InChI=1S/C27H31N9O2/c1-3-35-13-5-7-20(35)14-29-26(37)21-15-36-24(25(28)30-16-31-36)23(21)18-9-11-19(12-10-18)33-27(38)34-22-8-4-6-17(2)32-22/h4,6,8-12,15-16,20H,3,5,7,13-14H2,1-2H3,(H,29,37)(H2,28,30,31)(H2,32,33,34,38). The number of aryl methyl sites for hydroxylation is 1. The summed E-state index contributed by atoms with van der Waals surface area (Å²) in [6.07, 6.45) is 5.25. The number of pyridine rings is 1. The number of amides is 3. The zero-order valence-corrected chi connectivity index (χ0v) is 21.4. The number of likely N-dealkylation sites (N-methyl/N-ethyl adjacent to an activating group) is 1. The van der Waals surface area contributed by atoms with Crippen LogP contribution < -0.4 is 21.7 Å². The van der Waals surface area contributed by atoms with Crippen molar-refractivity contribution in [3.63, 3.8) is 0 Å². The third kappa shape index (κ3) is 5.28. The highest BCUT2D eigenvalue weighted by Crippen LogP contribution is 2.33. The number of nitrogen functional groups attached to an aromatic ring is 1. The van der Waals surface area contributed by atoms with Gasteiger partial charge in [-0.3, -0.25) is 15.0 Å². The number of anilines is 3. The van der Waals surface area contributed by atoms with Gasteiger partial charge in [-0.15, -0.1) is 0 Å². The van der Waals surface area contributed by atoms with Crippen LogP contribution in [0.25, 0.3) is 16.6 Å². The largest absolute Gasteiger partial charge is 0.382 e. The number of carbonyl (C=O) groups is 2. The molecule has 11 heteroatoms. The van der Waals surface area contributed by atoms with Crippen LogP contribution in [-0.4, -0.2) is 62.1 Å². The van der Waals surface area contributed by atoms with Crippen molar-refractivity contribution < 1.29 is 9.59 Å². The minimum Gasteiger partial charge on any atom is -0.382 e. The lowest BCUT2D eigenvalue weighted by atomic mass is 10.0. The maximum Gasteiger partial charge on any atom is 0.324 e. The minimum atomic E-state index is -0.407. The Morgan fingerprint density at radius 1 is 1.13 bits per heavy atom. The van der Waals surface area contributed by atoms with E-state index in [9.17, 15) is 9.59 Å². The Hall–Kier alpha value is -4.51. The van der Waals surface area contributed by atoms with Gasteiger partial charge in [0.1, 0.15) is 17.7 Å². The molecular formula is C27H31N9O2. The zero-order valence-electron chi connectivity index (χ0n) is 21.4. The van der Waals surface area contributed by atoms with E-state index < -0.39 is 6.03 Å². The highest BCUT2D eigenvalue weighted by molar-refractivity contribution is 6.07. The van der Waals surface area contributed by atoms with E-state index in [-0.39, 0.29) is 11.7 Å². The summed E-state index contributed by atoms with van der Waals surface area (Å²) in [5, 5.41) is 12.9. The van der Waals surface area contributed by atoms with Gasteiger partial charge in [0, 0.05) is 35.7 Å². The van der Waals surface area contributed by atoms with Crippen molar-refractivity contribution in [3.05, 3.63) is 66.2 Å². The number of hydrogen-bond acceptors (Lipinski definition) is 7. The van der Waals surface area contributed by atoms with Crippen LogP contribution in [0.15, 0.2) is 55.0 Å². The number of rotatable bonds is 7. The number of likely N-dealkylation sites (tertiary alicyclic amines) is 1. The Bertz CT molecular complexity index is 1470. The van der Waals surface area contributed by atoms with Gasteiger partial charge >= 0.3 is 6.03 Å². The maximum atomic E-state index is 13.4. The molecule has 1 aliphatic rings. The van der Waals surface area contributed by atoms with Gasteiger partial charge in [0.25, 0.3) is 5.91 Å². The van der Waals surface area contributed by atoms with Crippen LogP contribution in [0, 0.1) is 6.92 Å². The van der Waals surface area contributed by atoms with E-state index >= 15 is 0 Å². The van der Waals surface area contributed by atoms with Gasteiger partial charge in [0.05, 0.1) is 5.56 Å². The van der Waals surface area contributed by atoms with E-state index in [4.69, 9.17) is 5.73 Å². The molecule has 0 radical (unpaired) electrons. The summed E-state index contributed by atoms with van der Waals surface area (Å²) in [6, 6.07) is 12.5. The first-order valence-corrected chi connectivity index (χ1v) is 12.7. The van der Waals surface area contributed by atoms with Gasteiger partial charge in [0.2, 0.25) is 0 Å². The highest BCUT2D eigenvalue weighted by Gasteiger charge is 2.26. The second-order valence-corrected chi connectivity index (χ2v) is 9.31. The summed E-state index contributed by atoms with van der Waals surface area (Å²) < 4.78 is 1.58. The van der Waals surface area contributed by atoms with Crippen LogP contribution in [0.5, 0.6) is 0 Å². The topological polar surface area (TPSA) is 143 Å². The molecule has 11 nitrogen and oxygen atoms in total. The Labute approximate surface area is 220 Å². The molecule has 196 valence electrons. The van der Waals surface area contributed by atoms with Crippen LogP contribution >= 0.6 is 0 Å². The molecule has 38 heavy (non-hydrogen) atoms. The summed E-state index contributed by atoms with van der Waals surface area (Å²) >= 11 is 0. The van der Waals surface area contributed by atoms with E-state index in [1.807, 2.05) is 31.2 Å². The summed E-state index contributed by atoms with van der Waals surface area (Å²) in [6.45, 7) is 6.60. The molecule has 1 aromatic carbocycles. The van der Waals surface area contributed by atoms with Crippen LogP contribution in [0.3, 0.4) is 0 Å². The first-order valence-electron chi connectivity index (χ1n) is 12.7.